The van der Waals surface area contributed by atoms with Crippen LogP contribution in [0.4, 0.5) is 0 Å². The quantitative estimate of drug-likeness (QED) is 0.618. The van der Waals surface area contributed by atoms with Gasteiger partial charge in [0.05, 0.1) is 5.71 Å². The van der Waals surface area contributed by atoms with Gasteiger partial charge in [-0.3, -0.25) is 0 Å². The van der Waals surface area contributed by atoms with E-state index in [9.17, 15) is 0 Å². The average Bonchev–Trinajstić information content (AvgIpc) is 2.54. The van der Waals surface area contributed by atoms with Gasteiger partial charge in [-0.2, -0.15) is 0 Å². The third-order valence-corrected chi connectivity index (χ3v) is 1.93. The number of nitrogens with zero attached hydrogens (tertiary/aromatic N) is 1. The van der Waals surface area contributed by atoms with Gasteiger partial charge in [-0.05, 0) is 12.5 Å². The second kappa shape index (κ2) is 2.97. The van der Waals surface area contributed by atoms with E-state index in [0.717, 1.165) is 12.1 Å². The molecule has 0 saturated heterocycles. The fourth-order valence-electron chi connectivity index (χ4n) is 1.30. The summed E-state index contributed by atoms with van der Waals surface area (Å²) in [6, 6.07) is 10.1. The molecule has 1 aliphatic rings. The third-order valence-electron chi connectivity index (χ3n) is 1.93. The van der Waals surface area contributed by atoms with Gasteiger partial charge in [0.2, 0.25) is 0 Å². The van der Waals surface area contributed by atoms with Crippen molar-refractivity contribution in [2.75, 3.05) is 0 Å². The molecule has 0 aromatic heterocycles. The maximum atomic E-state index is 5.11. The Balaban J connectivity index is 2.22. The van der Waals surface area contributed by atoms with E-state index in [1.165, 1.54) is 5.56 Å². The molecule has 1 aliphatic heterocycles. The second-order valence-corrected chi connectivity index (χ2v) is 3.02. The molecular formula is C10H11NO. The highest BCUT2D eigenvalue weighted by molar-refractivity contribution is 6.01. The molecular weight excluding hydrogens is 150 g/mol. The second-order valence-electron chi connectivity index (χ2n) is 3.02. The monoisotopic (exact) mass is 161 g/mol. The summed E-state index contributed by atoms with van der Waals surface area (Å²) in [5.41, 5.74) is 2.23. The molecule has 1 heterocycles. The molecule has 2 rings (SSSR count). The predicted octanol–water partition coefficient (Wildman–Crippen LogP) is 2.20. The van der Waals surface area contributed by atoms with E-state index in [1.54, 1.807) is 0 Å². The van der Waals surface area contributed by atoms with Crippen LogP contribution in [0.3, 0.4) is 0 Å². The standard InChI is InChI=1S/C10H11NO/c1-8-7-10(11-12-8)9-5-3-2-4-6-9/h2-6,8H,7H2,1H3. The van der Waals surface area contributed by atoms with Gasteiger partial charge in [0.1, 0.15) is 6.10 Å². The molecule has 0 aliphatic carbocycles. The highest BCUT2D eigenvalue weighted by Gasteiger charge is 2.16. The molecule has 62 valence electrons. The molecule has 0 saturated carbocycles. The van der Waals surface area contributed by atoms with Crippen LogP contribution in [-0.4, -0.2) is 11.8 Å². The Morgan fingerprint density at radius 1 is 1.33 bits per heavy atom. The van der Waals surface area contributed by atoms with E-state index in [0.29, 0.717) is 0 Å². The third kappa shape index (κ3) is 1.33. The number of benzene rings is 1. The molecule has 2 heteroatoms. The minimum absolute atomic E-state index is 0.236. The summed E-state index contributed by atoms with van der Waals surface area (Å²) in [7, 11) is 0. The fraction of sp³-hybridized carbons (Fsp3) is 0.300. The summed E-state index contributed by atoms with van der Waals surface area (Å²) < 4.78 is 0. The Morgan fingerprint density at radius 2 is 2.08 bits per heavy atom. The van der Waals surface area contributed by atoms with Crippen molar-refractivity contribution in [3.63, 3.8) is 0 Å². The zero-order valence-corrected chi connectivity index (χ0v) is 7.03. The lowest BCUT2D eigenvalue weighted by Gasteiger charge is -1.97. The van der Waals surface area contributed by atoms with E-state index >= 15 is 0 Å². The number of hydrogen-bond acceptors (Lipinski definition) is 2. The van der Waals surface area contributed by atoms with E-state index in [1.807, 2.05) is 25.1 Å². The Morgan fingerprint density at radius 3 is 2.67 bits per heavy atom. The minimum atomic E-state index is 0.236. The Kier molecular flexibility index (Phi) is 1.82. The molecule has 2 nitrogen and oxygen atoms in total. The topological polar surface area (TPSA) is 21.6 Å². The fourth-order valence-corrected chi connectivity index (χ4v) is 1.30. The Bertz CT molecular complexity index is 292. The lowest BCUT2D eigenvalue weighted by molar-refractivity contribution is 0.0995. The van der Waals surface area contributed by atoms with E-state index in [-0.39, 0.29) is 6.10 Å². The predicted molar refractivity (Wildman–Crippen MR) is 48.1 cm³/mol. The SMILES string of the molecule is CC1CC(c2ccccc2)=NO1. The maximum absolute atomic E-state index is 5.11. The summed E-state index contributed by atoms with van der Waals surface area (Å²) in [4.78, 5) is 5.11. The molecule has 1 unspecified atom stereocenters. The number of hydrogen-bond donors (Lipinski definition) is 0. The summed E-state index contributed by atoms with van der Waals surface area (Å²) in [6.07, 6.45) is 1.16. The summed E-state index contributed by atoms with van der Waals surface area (Å²) in [5.74, 6) is 0. The largest absolute Gasteiger partial charge is 0.392 e. The Hall–Kier alpha value is -1.31. The van der Waals surface area contributed by atoms with E-state index in [2.05, 4.69) is 17.3 Å². The van der Waals surface area contributed by atoms with Gasteiger partial charge >= 0.3 is 0 Å². The van der Waals surface area contributed by atoms with Gasteiger partial charge in [0.15, 0.2) is 0 Å². The van der Waals surface area contributed by atoms with Crippen LogP contribution in [-0.2, 0) is 4.84 Å². The lowest BCUT2D eigenvalue weighted by atomic mass is 10.1. The van der Waals surface area contributed by atoms with Crippen LogP contribution in [0.2, 0.25) is 0 Å². The van der Waals surface area contributed by atoms with Crippen LogP contribution < -0.4 is 0 Å². The number of rotatable bonds is 1. The van der Waals surface area contributed by atoms with Gasteiger partial charge in [0.25, 0.3) is 0 Å². The van der Waals surface area contributed by atoms with Crippen LogP contribution in [0.25, 0.3) is 0 Å². The summed E-state index contributed by atoms with van der Waals surface area (Å²) >= 11 is 0. The van der Waals surface area contributed by atoms with Gasteiger partial charge in [0, 0.05) is 6.42 Å². The van der Waals surface area contributed by atoms with Crippen LogP contribution in [0.1, 0.15) is 18.9 Å². The molecule has 0 fully saturated rings. The first-order valence-corrected chi connectivity index (χ1v) is 4.14. The van der Waals surface area contributed by atoms with Crippen molar-refractivity contribution in [1.29, 1.82) is 0 Å². The molecule has 1 aromatic rings. The van der Waals surface area contributed by atoms with Crippen molar-refractivity contribution in [1.82, 2.24) is 0 Å². The van der Waals surface area contributed by atoms with Crippen LogP contribution in [0.5, 0.6) is 0 Å². The van der Waals surface area contributed by atoms with Gasteiger partial charge in [-0.25, -0.2) is 0 Å². The zero-order valence-electron chi connectivity index (χ0n) is 7.03. The van der Waals surface area contributed by atoms with Crippen molar-refractivity contribution >= 4 is 5.71 Å². The molecule has 0 N–H and O–H groups in total. The first-order valence-electron chi connectivity index (χ1n) is 4.14. The Labute approximate surface area is 71.8 Å². The summed E-state index contributed by atoms with van der Waals surface area (Å²) in [6.45, 7) is 2.03. The minimum Gasteiger partial charge on any atom is -0.392 e. The highest BCUT2D eigenvalue weighted by Crippen LogP contribution is 2.15. The smallest absolute Gasteiger partial charge is 0.130 e. The van der Waals surface area contributed by atoms with Crippen molar-refractivity contribution in [2.45, 2.75) is 19.4 Å². The lowest BCUT2D eigenvalue weighted by Crippen LogP contribution is -2.02. The van der Waals surface area contributed by atoms with Crippen molar-refractivity contribution in [2.24, 2.45) is 5.16 Å². The molecule has 0 spiro atoms. The van der Waals surface area contributed by atoms with Gasteiger partial charge < -0.3 is 4.84 Å². The first kappa shape index (κ1) is 7.35. The molecule has 12 heavy (non-hydrogen) atoms. The molecule has 1 atom stereocenters. The van der Waals surface area contributed by atoms with Crippen molar-refractivity contribution in [3.05, 3.63) is 35.9 Å². The summed E-state index contributed by atoms with van der Waals surface area (Å²) in [5, 5.41) is 4.00. The first-order chi connectivity index (χ1) is 5.86. The maximum Gasteiger partial charge on any atom is 0.130 e. The van der Waals surface area contributed by atoms with Gasteiger partial charge in [-0.1, -0.05) is 35.5 Å². The van der Waals surface area contributed by atoms with E-state index < -0.39 is 0 Å². The van der Waals surface area contributed by atoms with Crippen LogP contribution >= 0.6 is 0 Å². The van der Waals surface area contributed by atoms with Crippen molar-refractivity contribution in [3.8, 4) is 0 Å². The normalized spacial score (nSPS) is 21.8. The molecule has 0 amide bonds. The zero-order chi connectivity index (χ0) is 8.39. The average molecular weight is 161 g/mol. The van der Waals surface area contributed by atoms with Crippen LogP contribution in [0, 0.1) is 0 Å². The van der Waals surface area contributed by atoms with Gasteiger partial charge in [-0.15, -0.1) is 0 Å². The van der Waals surface area contributed by atoms with E-state index in [4.69, 9.17) is 4.84 Å². The molecule has 1 aromatic carbocycles. The molecule has 0 radical (unpaired) electrons. The van der Waals surface area contributed by atoms with Crippen LogP contribution in [0.15, 0.2) is 35.5 Å². The van der Waals surface area contributed by atoms with Crippen molar-refractivity contribution < 1.29 is 4.84 Å². The highest BCUT2D eigenvalue weighted by atomic mass is 16.6. The number of oxime groups is 1. The molecule has 0 bridgehead atoms.